The van der Waals surface area contributed by atoms with E-state index in [1.54, 1.807) is 0 Å². The van der Waals surface area contributed by atoms with E-state index in [4.69, 9.17) is 10.5 Å². The van der Waals surface area contributed by atoms with Crippen LogP contribution in [0, 0.1) is 5.92 Å². The molecule has 2 unspecified atom stereocenters. The van der Waals surface area contributed by atoms with Gasteiger partial charge in [0.1, 0.15) is 11.9 Å². The minimum Gasteiger partial charge on any atom is -0.490 e. The number of hydrogen-bond donors (Lipinski definition) is 1. The number of carbonyl (C=O) groups is 1. The van der Waals surface area contributed by atoms with Gasteiger partial charge in [0.25, 0.3) is 0 Å². The van der Waals surface area contributed by atoms with Crippen LogP contribution in [0.4, 0.5) is 0 Å². The fraction of sp³-hybridized carbons (Fsp3) is 0.364. The van der Waals surface area contributed by atoms with E-state index in [9.17, 15) is 4.79 Å². The quantitative estimate of drug-likeness (QED) is 0.723. The zero-order valence-corrected chi connectivity index (χ0v) is 8.07. The average Bonchev–Trinajstić information content (AvgIpc) is 2.16. The molecule has 0 aliphatic carbocycles. The van der Waals surface area contributed by atoms with Gasteiger partial charge in [-0.05, 0) is 25.0 Å². The standard InChI is InChI=1S/C11H13NO2/c1-7-9(11(12)13)6-8-4-2-3-5-10(8)14-7/h2-5,7,9H,6H2,1H3,(H2,12,13). The number of para-hydroxylation sites is 1. The van der Waals surface area contributed by atoms with E-state index in [2.05, 4.69) is 0 Å². The maximum absolute atomic E-state index is 11.1. The number of benzene rings is 1. The number of rotatable bonds is 1. The van der Waals surface area contributed by atoms with Gasteiger partial charge in [0, 0.05) is 0 Å². The Bertz CT molecular complexity index is 362. The van der Waals surface area contributed by atoms with Crippen molar-refractivity contribution < 1.29 is 9.53 Å². The van der Waals surface area contributed by atoms with Crippen molar-refractivity contribution in [2.75, 3.05) is 0 Å². The highest BCUT2D eigenvalue weighted by atomic mass is 16.5. The molecule has 0 spiro atoms. The Balaban J connectivity index is 2.31. The zero-order valence-electron chi connectivity index (χ0n) is 8.07. The maximum Gasteiger partial charge on any atom is 0.224 e. The highest BCUT2D eigenvalue weighted by molar-refractivity contribution is 5.78. The normalized spacial score (nSPS) is 24.9. The van der Waals surface area contributed by atoms with E-state index < -0.39 is 0 Å². The van der Waals surface area contributed by atoms with E-state index in [1.807, 2.05) is 31.2 Å². The van der Waals surface area contributed by atoms with E-state index in [-0.39, 0.29) is 17.9 Å². The summed E-state index contributed by atoms with van der Waals surface area (Å²) in [6.07, 6.45) is 0.564. The zero-order chi connectivity index (χ0) is 10.1. The van der Waals surface area contributed by atoms with Crippen LogP contribution in [-0.4, -0.2) is 12.0 Å². The van der Waals surface area contributed by atoms with Crippen LogP contribution in [0.15, 0.2) is 24.3 Å². The number of primary amides is 1. The van der Waals surface area contributed by atoms with Gasteiger partial charge in [-0.1, -0.05) is 18.2 Å². The highest BCUT2D eigenvalue weighted by Crippen LogP contribution is 2.30. The number of nitrogens with two attached hydrogens (primary N) is 1. The Morgan fingerprint density at radius 3 is 2.93 bits per heavy atom. The lowest BCUT2D eigenvalue weighted by Gasteiger charge is -2.29. The van der Waals surface area contributed by atoms with Gasteiger partial charge in [-0.3, -0.25) is 4.79 Å². The Kier molecular flexibility index (Phi) is 2.15. The molecule has 74 valence electrons. The fourth-order valence-electron chi connectivity index (χ4n) is 1.80. The molecule has 2 rings (SSSR count). The first-order valence-electron chi connectivity index (χ1n) is 4.72. The molecule has 1 amide bonds. The van der Waals surface area contributed by atoms with Crippen LogP contribution in [0.1, 0.15) is 12.5 Å². The van der Waals surface area contributed by atoms with Crippen LogP contribution >= 0.6 is 0 Å². The first-order valence-corrected chi connectivity index (χ1v) is 4.72. The van der Waals surface area contributed by atoms with Crippen LogP contribution < -0.4 is 10.5 Å². The molecule has 1 heterocycles. The number of fused-ring (bicyclic) bond motifs is 1. The van der Waals surface area contributed by atoms with Crippen molar-refractivity contribution in [2.24, 2.45) is 11.7 Å². The third-order valence-electron chi connectivity index (χ3n) is 2.66. The minimum atomic E-state index is -0.285. The highest BCUT2D eigenvalue weighted by Gasteiger charge is 2.30. The Labute approximate surface area is 82.9 Å². The maximum atomic E-state index is 11.1. The Hall–Kier alpha value is -1.51. The summed E-state index contributed by atoms with van der Waals surface area (Å²) in [6, 6.07) is 7.76. The molecule has 0 radical (unpaired) electrons. The van der Waals surface area contributed by atoms with Crippen molar-refractivity contribution in [3.63, 3.8) is 0 Å². The van der Waals surface area contributed by atoms with Gasteiger partial charge >= 0.3 is 0 Å². The first-order chi connectivity index (χ1) is 6.68. The van der Waals surface area contributed by atoms with Gasteiger partial charge in [-0.15, -0.1) is 0 Å². The Morgan fingerprint density at radius 1 is 1.50 bits per heavy atom. The lowest BCUT2D eigenvalue weighted by Crippen LogP contribution is -2.39. The molecule has 3 heteroatoms. The van der Waals surface area contributed by atoms with Crippen molar-refractivity contribution >= 4 is 5.91 Å². The minimum absolute atomic E-state index is 0.123. The summed E-state index contributed by atoms with van der Waals surface area (Å²) < 4.78 is 5.60. The first kappa shape index (κ1) is 9.06. The summed E-state index contributed by atoms with van der Waals surface area (Å²) in [5.41, 5.74) is 6.36. The van der Waals surface area contributed by atoms with Crippen LogP contribution in [0.2, 0.25) is 0 Å². The van der Waals surface area contributed by atoms with E-state index in [0.29, 0.717) is 6.42 Å². The predicted molar refractivity (Wildman–Crippen MR) is 52.9 cm³/mol. The number of carbonyl (C=O) groups excluding carboxylic acids is 1. The summed E-state index contributed by atoms with van der Waals surface area (Å²) in [4.78, 5) is 11.1. The largest absolute Gasteiger partial charge is 0.490 e. The van der Waals surface area contributed by atoms with Gasteiger partial charge in [0.2, 0.25) is 5.91 Å². The number of hydrogen-bond acceptors (Lipinski definition) is 2. The third-order valence-corrected chi connectivity index (χ3v) is 2.66. The van der Waals surface area contributed by atoms with Crippen LogP contribution in [0.25, 0.3) is 0 Å². The Morgan fingerprint density at radius 2 is 2.21 bits per heavy atom. The van der Waals surface area contributed by atoms with Gasteiger partial charge < -0.3 is 10.5 Å². The molecule has 1 aliphatic heterocycles. The molecular weight excluding hydrogens is 178 g/mol. The smallest absolute Gasteiger partial charge is 0.224 e. The molecule has 2 atom stereocenters. The average molecular weight is 191 g/mol. The number of ether oxygens (including phenoxy) is 1. The molecule has 2 N–H and O–H groups in total. The predicted octanol–water partition coefficient (Wildman–Crippen LogP) is 1.11. The second-order valence-corrected chi connectivity index (χ2v) is 3.64. The van der Waals surface area contributed by atoms with Crippen LogP contribution in [0.3, 0.4) is 0 Å². The second-order valence-electron chi connectivity index (χ2n) is 3.64. The lowest BCUT2D eigenvalue weighted by molar-refractivity contribution is -0.124. The molecule has 1 aromatic carbocycles. The van der Waals surface area contributed by atoms with E-state index in [1.165, 1.54) is 0 Å². The molecule has 1 aliphatic rings. The van der Waals surface area contributed by atoms with Crippen molar-refractivity contribution in [3.8, 4) is 5.75 Å². The van der Waals surface area contributed by atoms with Crippen molar-refractivity contribution in [1.82, 2.24) is 0 Å². The topological polar surface area (TPSA) is 52.3 Å². The molecule has 0 aromatic heterocycles. The fourth-order valence-corrected chi connectivity index (χ4v) is 1.80. The molecule has 0 bridgehead atoms. The summed E-state index contributed by atoms with van der Waals surface area (Å²) in [6.45, 7) is 1.88. The molecule has 14 heavy (non-hydrogen) atoms. The van der Waals surface area contributed by atoms with E-state index >= 15 is 0 Å². The number of amides is 1. The van der Waals surface area contributed by atoms with Gasteiger partial charge in [-0.2, -0.15) is 0 Å². The summed E-state index contributed by atoms with van der Waals surface area (Å²) in [5, 5.41) is 0. The molecule has 0 saturated heterocycles. The van der Waals surface area contributed by atoms with Crippen LogP contribution in [-0.2, 0) is 11.2 Å². The third kappa shape index (κ3) is 1.45. The van der Waals surface area contributed by atoms with Crippen molar-refractivity contribution in [1.29, 1.82) is 0 Å². The van der Waals surface area contributed by atoms with E-state index in [0.717, 1.165) is 11.3 Å². The van der Waals surface area contributed by atoms with Crippen LogP contribution in [0.5, 0.6) is 5.75 Å². The lowest BCUT2D eigenvalue weighted by atomic mass is 9.91. The monoisotopic (exact) mass is 191 g/mol. The van der Waals surface area contributed by atoms with Gasteiger partial charge in [0.05, 0.1) is 5.92 Å². The van der Waals surface area contributed by atoms with Gasteiger partial charge in [-0.25, -0.2) is 0 Å². The molecule has 1 aromatic rings. The summed E-state index contributed by atoms with van der Waals surface area (Å²) in [7, 11) is 0. The van der Waals surface area contributed by atoms with Gasteiger partial charge in [0.15, 0.2) is 0 Å². The second kappa shape index (κ2) is 3.33. The molecule has 0 saturated carbocycles. The van der Waals surface area contributed by atoms with Crippen molar-refractivity contribution in [3.05, 3.63) is 29.8 Å². The summed E-state index contributed by atoms with van der Waals surface area (Å²) >= 11 is 0. The SMILES string of the molecule is CC1Oc2ccccc2CC1C(N)=O. The molecular formula is C11H13NO2. The molecule has 0 fully saturated rings. The summed E-state index contributed by atoms with van der Waals surface area (Å²) in [5.74, 6) is 0.384. The van der Waals surface area contributed by atoms with Crippen molar-refractivity contribution in [2.45, 2.75) is 19.4 Å². The molecule has 3 nitrogen and oxygen atoms in total.